The number of likely N-dealkylation sites (tertiary alicyclic amines) is 1. The Morgan fingerprint density at radius 1 is 1.19 bits per heavy atom. The number of aryl methyl sites for hydroxylation is 1. The molecule has 2 aromatic rings. The summed E-state index contributed by atoms with van der Waals surface area (Å²) in [4.78, 5) is 78.4. The summed E-state index contributed by atoms with van der Waals surface area (Å²) in [6.07, 6.45) is 5.30. The number of aromatic nitrogens is 1. The lowest BCUT2D eigenvalue weighted by molar-refractivity contribution is -0.137. The SMILES string of the molecule is CNC(=O)C(=O)CC[C@H](NC(=O)c1oc(Br)cc1C)C(=O)Nc1cccn(CC(=O)NC2C3CCCC(C3)CN2C)c1=O. The Bertz CT molecular complexity index is 1450. The third-order valence-corrected chi connectivity index (χ3v) is 8.44. The van der Waals surface area contributed by atoms with Crippen molar-refractivity contribution in [3.05, 3.63) is 50.7 Å². The number of nitrogens with one attached hydrogen (secondary N) is 4. The molecule has 1 aliphatic carbocycles. The van der Waals surface area contributed by atoms with Gasteiger partial charge in [-0.1, -0.05) is 6.42 Å². The minimum absolute atomic E-state index is 0.0391. The highest BCUT2D eigenvalue weighted by Gasteiger charge is 2.37. The molecule has 3 heterocycles. The molecule has 4 rings (SSSR count). The van der Waals surface area contributed by atoms with E-state index in [1.807, 2.05) is 7.05 Å². The molecule has 2 fully saturated rings. The van der Waals surface area contributed by atoms with Crippen molar-refractivity contribution < 1.29 is 28.4 Å². The zero-order valence-corrected chi connectivity index (χ0v) is 26.0. The van der Waals surface area contributed by atoms with E-state index in [2.05, 4.69) is 42.1 Å². The van der Waals surface area contributed by atoms with E-state index in [0.717, 1.165) is 25.8 Å². The van der Waals surface area contributed by atoms with Crippen LogP contribution in [0.4, 0.5) is 5.69 Å². The van der Waals surface area contributed by atoms with Crippen molar-refractivity contribution in [2.45, 2.75) is 64.2 Å². The maximum atomic E-state index is 13.3. The largest absolute Gasteiger partial charge is 0.444 e. The number of pyridine rings is 1. The third-order valence-electron chi connectivity index (χ3n) is 8.05. The highest BCUT2D eigenvalue weighted by Crippen LogP contribution is 2.36. The number of amides is 4. The molecule has 3 unspecified atom stereocenters. The fraction of sp³-hybridized carbons (Fsp3) is 0.517. The van der Waals surface area contributed by atoms with Gasteiger partial charge >= 0.3 is 0 Å². The average Bonchev–Trinajstić information content (AvgIpc) is 3.32. The standard InChI is InChI=1S/C29H37BrN6O7/c1-16-12-22(30)43-24(16)28(41)32-19(9-10-21(37)27(40)31-2)26(39)33-20-8-5-11-36(29(20)42)15-23(38)34-25-18-7-4-6-17(13-18)14-35(25)3/h5,8,11-12,17-19,25H,4,6-7,9-10,13-15H2,1-3H3,(H,31,40)(H,32,41)(H,33,39)(H,34,38)/t17?,18?,19-,25?/m0/s1. The van der Waals surface area contributed by atoms with Crippen LogP contribution in [0.15, 0.2) is 38.3 Å². The molecule has 1 saturated heterocycles. The lowest BCUT2D eigenvalue weighted by Gasteiger charge is -2.46. The molecule has 2 aliphatic rings. The van der Waals surface area contributed by atoms with Gasteiger partial charge in [0.2, 0.25) is 17.6 Å². The number of nitrogens with zero attached hydrogens (tertiary/aromatic N) is 2. The van der Waals surface area contributed by atoms with E-state index in [0.29, 0.717) is 22.1 Å². The number of Topliss-reactive ketones (excluding diaryl/α,β-unsaturated/α-hetero) is 1. The summed E-state index contributed by atoms with van der Waals surface area (Å²) in [7, 11) is 3.31. The van der Waals surface area contributed by atoms with Crippen LogP contribution in [-0.2, 0) is 25.7 Å². The number of hydrogen-bond donors (Lipinski definition) is 4. The van der Waals surface area contributed by atoms with Gasteiger partial charge in [-0.25, -0.2) is 0 Å². The van der Waals surface area contributed by atoms with Crippen molar-refractivity contribution in [3.8, 4) is 0 Å². The Balaban J connectivity index is 1.45. The van der Waals surface area contributed by atoms with E-state index >= 15 is 0 Å². The van der Waals surface area contributed by atoms with Gasteiger partial charge in [-0.2, -0.15) is 0 Å². The Morgan fingerprint density at radius 2 is 1.95 bits per heavy atom. The van der Waals surface area contributed by atoms with Crippen molar-refractivity contribution in [2.24, 2.45) is 11.8 Å². The summed E-state index contributed by atoms with van der Waals surface area (Å²) >= 11 is 3.16. The fourth-order valence-electron chi connectivity index (χ4n) is 5.93. The van der Waals surface area contributed by atoms with Crippen molar-refractivity contribution >= 4 is 51.0 Å². The lowest BCUT2D eigenvalue weighted by Crippen LogP contribution is -2.57. The number of furan rings is 1. The van der Waals surface area contributed by atoms with E-state index in [1.54, 1.807) is 13.0 Å². The minimum Gasteiger partial charge on any atom is -0.444 e. The highest BCUT2D eigenvalue weighted by molar-refractivity contribution is 9.10. The highest BCUT2D eigenvalue weighted by atomic mass is 79.9. The molecule has 13 nitrogen and oxygen atoms in total. The van der Waals surface area contributed by atoms with Gasteiger partial charge in [-0.3, -0.25) is 33.7 Å². The molecule has 4 atom stereocenters. The Kier molecular flexibility index (Phi) is 10.6. The van der Waals surface area contributed by atoms with Gasteiger partial charge in [0.05, 0.1) is 6.17 Å². The average molecular weight is 662 g/mol. The third kappa shape index (κ3) is 7.99. The first-order chi connectivity index (χ1) is 20.5. The van der Waals surface area contributed by atoms with Gasteiger partial charge in [0.15, 0.2) is 10.4 Å². The fourth-order valence-corrected chi connectivity index (χ4v) is 6.43. The molecule has 0 spiro atoms. The molecule has 4 amide bonds. The van der Waals surface area contributed by atoms with Crippen LogP contribution in [0.5, 0.6) is 0 Å². The van der Waals surface area contributed by atoms with Gasteiger partial charge in [0.1, 0.15) is 18.3 Å². The second-order valence-electron chi connectivity index (χ2n) is 11.2. The van der Waals surface area contributed by atoms with Gasteiger partial charge in [0, 0.05) is 31.8 Å². The lowest BCUT2D eigenvalue weighted by atomic mass is 9.76. The number of likely N-dealkylation sites (N-methyl/N-ethyl adjacent to an activating group) is 1. The van der Waals surface area contributed by atoms with E-state index in [1.165, 1.54) is 36.4 Å². The summed E-state index contributed by atoms with van der Waals surface area (Å²) < 4.78 is 6.87. The number of hydrogen-bond acceptors (Lipinski definition) is 8. The molecule has 2 bridgehead atoms. The number of piperidine rings is 1. The minimum atomic E-state index is -1.29. The first-order valence-corrected chi connectivity index (χ1v) is 15.1. The van der Waals surface area contributed by atoms with Gasteiger partial charge in [-0.15, -0.1) is 0 Å². The van der Waals surface area contributed by atoms with Crippen LogP contribution in [0.25, 0.3) is 0 Å². The van der Waals surface area contributed by atoms with Crippen LogP contribution in [0.2, 0.25) is 0 Å². The van der Waals surface area contributed by atoms with E-state index in [4.69, 9.17) is 4.42 Å². The van der Waals surface area contributed by atoms with E-state index in [9.17, 15) is 28.8 Å². The summed E-state index contributed by atoms with van der Waals surface area (Å²) in [5.41, 5.74) is -0.214. The Morgan fingerprint density at radius 3 is 2.65 bits per heavy atom. The van der Waals surface area contributed by atoms with Crippen molar-refractivity contribution in [3.63, 3.8) is 0 Å². The smallest absolute Gasteiger partial charge is 0.287 e. The molecule has 0 radical (unpaired) electrons. The second kappa shape index (κ2) is 14.1. The van der Waals surface area contributed by atoms with E-state index in [-0.39, 0.29) is 42.9 Å². The van der Waals surface area contributed by atoms with Crippen LogP contribution < -0.4 is 26.8 Å². The number of anilines is 1. The predicted molar refractivity (Wildman–Crippen MR) is 160 cm³/mol. The second-order valence-corrected chi connectivity index (χ2v) is 12.0. The van der Waals surface area contributed by atoms with Crippen LogP contribution in [0, 0.1) is 18.8 Å². The van der Waals surface area contributed by atoms with Crippen molar-refractivity contribution in [1.29, 1.82) is 0 Å². The molecular formula is C29H37BrN6O7. The van der Waals surface area contributed by atoms with Gasteiger partial charge in [0.25, 0.3) is 17.4 Å². The first-order valence-electron chi connectivity index (χ1n) is 14.3. The number of carbonyl (C=O) groups excluding carboxylic acids is 5. The summed E-state index contributed by atoms with van der Waals surface area (Å²) in [5.74, 6) is -2.43. The van der Waals surface area contributed by atoms with Gasteiger partial charge < -0.3 is 30.3 Å². The summed E-state index contributed by atoms with van der Waals surface area (Å²) in [6.45, 7) is 2.33. The number of ketones is 1. The molecular weight excluding hydrogens is 624 g/mol. The molecule has 1 saturated carbocycles. The van der Waals surface area contributed by atoms with Gasteiger partial charge in [-0.05, 0) is 85.6 Å². The van der Waals surface area contributed by atoms with E-state index < -0.39 is 35.1 Å². The normalized spacial score (nSPS) is 20.5. The Labute approximate surface area is 257 Å². The molecule has 232 valence electrons. The zero-order valence-electron chi connectivity index (χ0n) is 24.4. The molecule has 14 heteroatoms. The van der Waals surface area contributed by atoms with Crippen LogP contribution in [0.3, 0.4) is 0 Å². The maximum Gasteiger partial charge on any atom is 0.287 e. The number of halogens is 1. The topological polar surface area (TPSA) is 172 Å². The maximum absolute atomic E-state index is 13.3. The molecule has 0 aromatic carbocycles. The number of fused-ring (bicyclic) bond motifs is 2. The number of rotatable bonds is 11. The van der Waals surface area contributed by atoms with Crippen molar-refractivity contribution in [2.75, 3.05) is 26.0 Å². The first kappa shape index (κ1) is 32.1. The van der Waals surface area contributed by atoms with Crippen LogP contribution >= 0.6 is 15.9 Å². The predicted octanol–water partition coefficient (Wildman–Crippen LogP) is 1.54. The molecule has 2 aromatic heterocycles. The summed E-state index contributed by atoms with van der Waals surface area (Å²) in [6, 6.07) is 3.20. The van der Waals surface area contributed by atoms with Crippen LogP contribution in [0.1, 0.15) is 54.6 Å². The quantitative estimate of drug-likeness (QED) is 0.263. The monoisotopic (exact) mass is 660 g/mol. The Hall–Kier alpha value is -3.78. The molecule has 43 heavy (non-hydrogen) atoms. The zero-order chi connectivity index (χ0) is 31.3. The molecule has 1 aliphatic heterocycles. The molecule has 4 N–H and O–H groups in total. The summed E-state index contributed by atoms with van der Waals surface area (Å²) in [5, 5.41) is 10.3. The number of carbonyl (C=O) groups is 5. The van der Waals surface area contributed by atoms with Crippen LogP contribution in [-0.4, -0.2) is 71.7 Å². The van der Waals surface area contributed by atoms with Crippen molar-refractivity contribution in [1.82, 2.24) is 25.4 Å².